The van der Waals surface area contributed by atoms with E-state index in [-0.39, 0.29) is 0 Å². The first-order valence-electron chi connectivity index (χ1n) is 7.20. The van der Waals surface area contributed by atoms with Gasteiger partial charge in [-0.05, 0) is 0 Å². The van der Waals surface area contributed by atoms with Crippen LogP contribution in [0.2, 0.25) is 38.5 Å². The van der Waals surface area contributed by atoms with Gasteiger partial charge in [-0.25, -0.2) is 0 Å². The first kappa shape index (κ1) is 6.56. The van der Waals surface area contributed by atoms with Crippen molar-refractivity contribution in [1.29, 1.82) is 0 Å². The summed E-state index contributed by atoms with van der Waals surface area (Å²) in [6, 6.07) is 2.27. The van der Waals surface area contributed by atoms with Gasteiger partial charge in [0.25, 0.3) is 0 Å². The number of alkyl halides is 1. The van der Waals surface area contributed by atoms with E-state index >= 15 is 0 Å². The van der Waals surface area contributed by atoms with Crippen molar-refractivity contribution in [1.82, 2.24) is 9.97 Å². The van der Waals surface area contributed by atoms with Crippen LogP contribution >= 0.6 is 11.6 Å². The van der Waals surface area contributed by atoms with Crippen LogP contribution < -0.4 is 0 Å². The molecule has 0 aromatic carbocycles. The number of hydrogen-bond acceptors (Lipinski definition) is 2. The summed E-state index contributed by atoms with van der Waals surface area (Å²) in [7, 11) is 0. The Bertz CT molecular complexity index is 1180. The first-order valence-corrected chi connectivity index (χ1v) is 13.8. The zero-order chi connectivity index (χ0) is 11.0. The molecule has 0 aliphatic carbocycles. The minimum absolute atomic E-state index is 0.472. The van der Waals surface area contributed by atoms with Crippen LogP contribution in [0.25, 0.3) is 0 Å². The van der Waals surface area contributed by atoms with E-state index in [0.29, 0.717) is 8.09 Å². The zero-order valence-corrected chi connectivity index (χ0v) is 11.3. The van der Waals surface area contributed by atoms with E-state index in [1.54, 1.807) is 6.33 Å². The van der Waals surface area contributed by atoms with Gasteiger partial charge in [-0.1, -0.05) is 0 Å². The predicted octanol–water partition coefficient (Wildman–Crippen LogP) is 3.42. The van der Waals surface area contributed by atoms with Gasteiger partial charge >= 0.3 is 99.0 Å². The van der Waals surface area contributed by atoms with Gasteiger partial charge in [0.05, 0.1) is 0 Å². The molecule has 4 heteroatoms. The predicted molar refractivity (Wildman–Crippen MR) is 62.3 cm³/mol. The van der Waals surface area contributed by atoms with Crippen LogP contribution in [-0.2, 0) is 10.8 Å². The monoisotopic (exact) mass is 298 g/mol. The average Bonchev–Trinajstić information content (AvgIpc) is 3.34. The van der Waals surface area contributed by atoms with E-state index < -0.39 is 6.51 Å². The molecule has 5 unspecified atom stereocenters. The topological polar surface area (TPSA) is 25.8 Å². The molecular weight excluding hydrogens is 287 g/mol. The number of aromatic nitrogens is 2. The molecule has 0 bridgehead atoms. The van der Waals surface area contributed by atoms with E-state index in [9.17, 15) is 0 Å². The van der Waals surface area contributed by atoms with Crippen LogP contribution in [0.15, 0.2) is 18.6 Å². The molecule has 0 N–H and O–H groups in total. The fourth-order valence-corrected chi connectivity index (χ4v) is 97.2. The summed E-state index contributed by atoms with van der Waals surface area (Å²) in [5.41, 5.74) is 1.48. The molecule has 2 nitrogen and oxygen atoms in total. The van der Waals surface area contributed by atoms with Crippen LogP contribution in [0.1, 0.15) is 5.69 Å². The van der Waals surface area contributed by atoms with E-state index in [1.165, 1.54) is 34.6 Å². The number of rotatable bonds is 1. The van der Waals surface area contributed by atoms with Crippen molar-refractivity contribution in [2.24, 2.45) is 0 Å². The Kier molecular flexibility index (Phi) is 0.197. The molecule has 10 fully saturated rings. The molecule has 10 aliphatic rings. The summed E-state index contributed by atoms with van der Waals surface area (Å²) < 4.78 is 1.14. The van der Waals surface area contributed by atoms with Crippen molar-refractivity contribution in [3.8, 4) is 0 Å². The Labute approximate surface area is 98.8 Å². The normalized spacial score (nSPS) is 117. The molecule has 0 radical (unpaired) electrons. The van der Waals surface area contributed by atoms with Gasteiger partial charge in [0.1, 0.15) is 0 Å². The summed E-state index contributed by atoms with van der Waals surface area (Å²) in [5, 5.41) is 0. The Balaban J connectivity index is 1.64. The minimum atomic E-state index is -3.30. The van der Waals surface area contributed by atoms with Gasteiger partial charge in [-0.15, -0.1) is 0 Å². The molecule has 5 atom stereocenters. The number of fused-ring (bicyclic) bond motifs is 10. The summed E-state index contributed by atoms with van der Waals surface area (Å²) in [4.78, 5) is 18.5. The Hall–Kier alpha value is -0.111. The molecule has 0 amide bonds. The Morgan fingerprint density at radius 3 is 2.17 bits per heavy atom. The molecule has 92 valence electrons. The number of nitrogens with zero attached hydrogens (tertiary/aromatic N) is 2. The van der Waals surface area contributed by atoms with Crippen molar-refractivity contribution in [2.45, 2.75) is 46.6 Å². The van der Waals surface area contributed by atoms with E-state index in [1.807, 2.05) is 6.20 Å². The van der Waals surface area contributed by atoms with Crippen molar-refractivity contribution in [3.05, 3.63) is 24.3 Å². The summed E-state index contributed by atoms with van der Waals surface area (Å²) in [6.45, 7) is -3.30. The van der Waals surface area contributed by atoms with Gasteiger partial charge in [-0.2, -0.15) is 0 Å². The third-order valence-corrected chi connectivity index (χ3v) is 61.3. The molecule has 0 saturated carbocycles. The van der Waals surface area contributed by atoms with Gasteiger partial charge in [0.15, 0.2) is 0 Å². The van der Waals surface area contributed by atoms with Gasteiger partial charge in [0.2, 0.25) is 0 Å². The third kappa shape index (κ3) is 0.0612. The van der Waals surface area contributed by atoms with Gasteiger partial charge in [0, 0.05) is 0 Å². The molecule has 18 heavy (non-hydrogen) atoms. The fraction of sp³-hybridized carbons (Fsp3) is 0.714. The molecule has 10 aliphatic heterocycles. The number of hydrogen-bond donors (Lipinski definition) is 0. The van der Waals surface area contributed by atoms with Crippen molar-refractivity contribution < 1.29 is 6.51 Å². The molecule has 1 aromatic heterocycles. The van der Waals surface area contributed by atoms with E-state index in [2.05, 4.69) is 11.1 Å². The van der Waals surface area contributed by atoms with Crippen LogP contribution in [-0.4, -0.2) is 13.7 Å². The SMILES string of the molecule is Cl[C]12[CH]3[CH]4[C]5(c6ccncn6)[CH]1[Fe]34251678[CH]2[CH]1[CH]6[CH]7[CH]28. The quantitative estimate of drug-likeness (QED) is 0.586. The zero-order valence-electron chi connectivity index (χ0n) is 9.48. The maximum atomic E-state index is 7.38. The van der Waals surface area contributed by atoms with Gasteiger partial charge < -0.3 is 0 Å². The van der Waals surface area contributed by atoms with Crippen LogP contribution in [0.3, 0.4) is 0 Å². The summed E-state index contributed by atoms with van der Waals surface area (Å²) in [6.07, 6.45) is 3.78. The van der Waals surface area contributed by atoms with E-state index in [4.69, 9.17) is 16.6 Å². The molecular formula is C14H11ClFeN2. The molecule has 1 aromatic rings. The first-order chi connectivity index (χ1) is 8.54. The van der Waals surface area contributed by atoms with Crippen molar-refractivity contribution >= 4 is 11.6 Å². The third-order valence-electron chi connectivity index (χ3n) is 15.6. The van der Waals surface area contributed by atoms with Crippen LogP contribution in [0.4, 0.5) is 0 Å². The second-order valence-corrected chi connectivity index (χ2v) is 34.9. The van der Waals surface area contributed by atoms with Gasteiger partial charge in [-0.3, -0.25) is 0 Å². The molecule has 1 spiro atoms. The van der Waals surface area contributed by atoms with Crippen LogP contribution in [0.5, 0.6) is 0 Å². The maximum absolute atomic E-state index is 7.38. The fourth-order valence-electron chi connectivity index (χ4n) is 17.4. The van der Waals surface area contributed by atoms with Crippen molar-refractivity contribution in [3.63, 3.8) is 0 Å². The second-order valence-electron chi connectivity index (χ2n) is 10.8. The van der Waals surface area contributed by atoms with E-state index in [0.717, 1.165) is 9.63 Å². The molecule has 11 rings (SSSR count). The standard InChI is InChI=1S/C9H6ClN2.C5H5.Fe/c10-8-2-1-7(5-8)9-3-4-11-6-12-9;1-2-4-5-3-1;/h1-6H;1-5H;. The van der Waals surface area contributed by atoms with Crippen LogP contribution in [0, 0.1) is 0 Å². The Morgan fingerprint density at radius 2 is 1.83 bits per heavy atom. The van der Waals surface area contributed by atoms with Crippen molar-refractivity contribution in [2.75, 3.05) is 0 Å². The average molecular weight is 299 g/mol. The number of halogens is 1. The molecule has 10 saturated heterocycles. The summed E-state index contributed by atoms with van der Waals surface area (Å²) >= 11 is 7.38. The Morgan fingerprint density at radius 1 is 1.11 bits per heavy atom. The summed E-state index contributed by atoms with van der Waals surface area (Å²) in [5.74, 6) is 0. The second kappa shape index (κ2) is 0.540. The molecule has 11 heterocycles.